The highest BCUT2D eigenvalue weighted by Gasteiger charge is 2.15. The number of benzene rings is 1. The van der Waals surface area contributed by atoms with Crippen LogP contribution in [0.4, 0.5) is 5.69 Å². The van der Waals surface area contributed by atoms with Crippen molar-refractivity contribution in [2.75, 3.05) is 6.54 Å². The minimum Gasteiger partial charge on any atom is -0.391 e. The Kier molecular flexibility index (Phi) is 1.55. The van der Waals surface area contributed by atoms with Crippen molar-refractivity contribution in [3.63, 3.8) is 0 Å². The molecule has 0 aliphatic carbocycles. The monoisotopic (exact) mass is 148 g/mol. The summed E-state index contributed by atoms with van der Waals surface area (Å²) in [4.78, 5) is 0. The highest BCUT2D eigenvalue weighted by Crippen LogP contribution is 2.20. The first-order chi connectivity index (χ1) is 5.36. The molecule has 1 N–H and O–H groups in total. The van der Waals surface area contributed by atoms with Crippen molar-refractivity contribution >= 4 is 5.69 Å². The summed E-state index contributed by atoms with van der Waals surface area (Å²) in [6.45, 7) is 0.553. The van der Waals surface area contributed by atoms with E-state index >= 15 is 0 Å². The lowest BCUT2D eigenvalue weighted by molar-refractivity contribution is 0.170. The van der Waals surface area contributed by atoms with Gasteiger partial charge in [0.25, 0.3) is 0 Å². The third kappa shape index (κ3) is 1.21. The molecule has 1 aromatic rings. The van der Waals surface area contributed by atoms with Crippen molar-refractivity contribution in [3.05, 3.63) is 29.8 Å². The Hall–Kier alpha value is -1.02. The number of aliphatic hydroxyl groups is 1. The number of aliphatic hydroxyl groups excluding tert-OH is 1. The van der Waals surface area contributed by atoms with Crippen molar-refractivity contribution in [1.82, 2.24) is 5.32 Å². The predicted molar refractivity (Wildman–Crippen MR) is 42.8 cm³/mol. The molecule has 2 nitrogen and oxygen atoms in total. The molecule has 0 saturated heterocycles. The van der Waals surface area contributed by atoms with Gasteiger partial charge in [-0.2, -0.15) is 0 Å². The molecular formula is C9H10NO. The Morgan fingerprint density at radius 2 is 2.18 bits per heavy atom. The van der Waals surface area contributed by atoms with Gasteiger partial charge in [-0.25, -0.2) is 0 Å². The molecule has 0 saturated carbocycles. The minimum atomic E-state index is -0.273. The van der Waals surface area contributed by atoms with Gasteiger partial charge in [-0.3, -0.25) is 5.32 Å². The van der Waals surface area contributed by atoms with Crippen molar-refractivity contribution < 1.29 is 5.11 Å². The van der Waals surface area contributed by atoms with Gasteiger partial charge in [0.2, 0.25) is 0 Å². The summed E-state index contributed by atoms with van der Waals surface area (Å²) >= 11 is 0. The number of nitrogens with zero attached hydrogens (tertiary/aromatic N) is 1. The van der Waals surface area contributed by atoms with E-state index in [1.807, 2.05) is 24.3 Å². The fourth-order valence-electron chi connectivity index (χ4n) is 1.36. The summed E-state index contributed by atoms with van der Waals surface area (Å²) in [6, 6.07) is 7.95. The topological polar surface area (TPSA) is 34.3 Å². The van der Waals surface area contributed by atoms with Crippen molar-refractivity contribution in [1.29, 1.82) is 0 Å². The van der Waals surface area contributed by atoms with Gasteiger partial charge < -0.3 is 5.11 Å². The van der Waals surface area contributed by atoms with E-state index in [0.717, 1.165) is 17.7 Å². The van der Waals surface area contributed by atoms with E-state index in [0.29, 0.717) is 6.54 Å². The highest BCUT2D eigenvalue weighted by molar-refractivity contribution is 5.46. The van der Waals surface area contributed by atoms with Crippen molar-refractivity contribution in [2.45, 2.75) is 12.5 Å². The second-order valence-corrected chi connectivity index (χ2v) is 2.83. The molecule has 1 atom stereocenters. The molecule has 2 heteroatoms. The molecule has 0 spiro atoms. The Balaban J connectivity index is 2.34. The third-order valence-electron chi connectivity index (χ3n) is 1.92. The van der Waals surface area contributed by atoms with Gasteiger partial charge in [0, 0.05) is 6.42 Å². The Bertz CT molecular complexity index is 259. The standard InChI is InChI=1S/C9H10NO/c11-8-5-7-3-1-2-4-9(7)10-6-8/h1-4,8,11H,5-6H2. The molecule has 1 aliphatic heterocycles. The molecule has 0 amide bonds. The Labute approximate surface area is 65.9 Å². The SMILES string of the molecule is OC1C[N]c2ccccc2C1. The van der Waals surface area contributed by atoms with Crippen LogP contribution < -0.4 is 5.32 Å². The molecule has 1 heterocycles. The molecule has 11 heavy (non-hydrogen) atoms. The zero-order chi connectivity index (χ0) is 7.68. The van der Waals surface area contributed by atoms with E-state index in [2.05, 4.69) is 5.32 Å². The fraction of sp³-hybridized carbons (Fsp3) is 0.333. The zero-order valence-corrected chi connectivity index (χ0v) is 6.20. The predicted octanol–water partition coefficient (Wildman–Crippen LogP) is 0.839. The first-order valence-corrected chi connectivity index (χ1v) is 3.80. The number of hydrogen-bond donors (Lipinski definition) is 1. The first-order valence-electron chi connectivity index (χ1n) is 3.80. The molecule has 2 rings (SSSR count). The van der Waals surface area contributed by atoms with E-state index in [4.69, 9.17) is 0 Å². The highest BCUT2D eigenvalue weighted by atomic mass is 16.3. The van der Waals surface area contributed by atoms with E-state index in [1.165, 1.54) is 0 Å². The number of hydrogen-bond acceptors (Lipinski definition) is 1. The van der Waals surface area contributed by atoms with Crippen LogP contribution in [0.15, 0.2) is 24.3 Å². The molecule has 0 bridgehead atoms. The average Bonchev–Trinajstić information content (AvgIpc) is 2.04. The van der Waals surface area contributed by atoms with Crippen molar-refractivity contribution in [2.24, 2.45) is 0 Å². The van der Waals surface area contributed by atoms with Gasteiger partial charge >= 0.3 is 0 Å². The van der Waals surface area contributed by atoms with Crippen LogP contribution >= 0.6 is 0 Å². The van der Waals surface area contributed by atoms with Gasteiger partial charge in [-0.1, -0.05) is 18.2 Å². The lowest BCUT2D eigenvalue weighted by Gasteiger charge is -2.19. The van der Waals surface area contributed by atoms with Gasteiger partial charge in [-0.15, -0.1) is 0 Å². The first kappa shape index (κ1) is 6.68. The minimum absolute atomic E-state index is 0.273. The second kappa shape index (κ2) is 2.55. The number of rotatable bonds is 0. The van der Waals surface area contributed by atoms with Gasteiger partial charge in [0.15, 0.2) is 0 Å². The van der Waals surface area contributed by atoms with Gasteiger partial charge in [-0.05, 0) is 11.6 Å². The fourth-order valence-corrected chi connectivity index (χ4v) is 1.36. The van der Waals surface area contributed by atoms with Crippen LogP contribution in [0.3, 0.4) is 0 Å². The summed E-state index contributed by atoms with van der Waals surface area (Å²) in [6.07, 6.45) is 0.476. The molecule has 1 radical (unpaired) electrons. The van der Waals surface area contributed by atoms with Crippen LogP contribution in [0.25, 0.3) is 0 Å². The van der Waals surface area contributed by atoms with Crippen LogP contribution in [0.5, 0.6) is 0 Å². The molecular weight excluding hydrogens is 138 g/mol. The van der Waals surface area contributed by atoms with E-state index < -0.39 is 0 Å². The summed E-state index contributed by atoms with van der Waals surface area (Å²) < 4.78 is 0. The molecule has 0 aromatic heterocycles. The lowest BCUT2D eigenvalue weighted by atomic mass is 10.0. The van der Waals surface area contributed by atoms with Crippen LogP contribution in [0, 0.1) is 0 Å². The van der Waals surface area contributed by atoms with E-state index in [9.17, 15) is 5.11 Å². The van der Waals surface area contributed by atoms with E-state index in [-0.39, 0.29) is 6.10 Å². The summed E-state index contributed by atoms with van der Waals surface area (Å²) in [5, 5.41) is 13.5. The average molecular weight is 148 g/mol. The van der Waals surface area contributed by atoms with Crippen LogP contribution in [-0.4, -0.2) is 17.8 Å². The van der Waals surface area contributed by atoms with E-state index in [1.54, 1.807) is 0 Å². The number of para-hydroxylation sites is 1. The Morgan fingerprint density at radius 1 is 1.36 bits per heavy atom. The van der Waals surface area contributed by atoms with Crippen LogP contribution in [0.1, 0.15) is 5.56 Å². The maximum Gasteiger partial charge on any atom is 0.0776 e. The maximum absolute atomic E-state index is 9.26. The van der Waals surface area contributed by atoms with Gasteiger partial charge in [0.05, 0.1) is 18.3 Å². The zero-order valence-electron chi connectivity index (χ0n) is 6.20. The molecule has 1 aliphatic rings. The molecule has 1 unspecified atom stereocenters. The van der Waals surface area contributed by atoms with Crippen LogP contribution in [-0.2, 0) is 6.42 Å². The summed E-state index contributed by atoms with van der Waals surface area (Å²) in [5.41, 5.74) is 2.20. The Morgan fingerprint density at radius 3 is 3.09 bits per heavy atom. The second-order valence-electron chi connectivity index (χ2n) is 2.83. The molecule has 57 valence electrons. The summed E-state index contributed by atoms with van der Waals surface area (Å²) in [5.74, 6) is 0. The third-order valence-corrected chi connectivity index (χ3v) is 1.92. The smallest absolute Gasteiger partial charge is 0.0776 e. The largest absolute Gasteiger partial charge is 0.391 e. The molecule has 0 fully saturated rings. The maximum atomic E-state index is 9.26. The molecule has 1 aromatic carbocycles. The quantitative estimate of drug-likeness (QED) is 0.581. The summed E-state index contributed by atoms with van der Waals surface area (Å²) in [7, 11) is 0. The van der Waals surface area contributed by atoms with Gasteiger partial charge in [0.1, 0.15) is 0 Å². The lowest BCUT2D eigenvalue weighted by Crippen LogP contribution is -2.26. The van der Waals surface area contributed by atoms with Crippen LogP contribution in [0.2, 0.25) is 0 Å². The number of fused-ring (bicyclic) bond motifs is 1. The van der Waals surface area contributed by atoms with Crippen molar-refractivity contribution in [3.8, 4) is 0 Å². The normalized spacial score (nSPS) is 22.1.